The van der Waals surface area contributed by atoms with Crippen LogP contribution in [0.2, 0.25) is 0 Å². The van der Waals surface area contributed by atoms with Crippen molar-refractivity contribution in [2.75, 3.05) is 0 Å². The summed E-state index contributed by atoms with van der Waals surface area (Å²) in [5.41, 5.74) is 3.39. The van der Waals surface area contributed by atoms with Crippen molar-refractivity contribution in [2.45, 2.75) is 26.2 Å². The average molecular weight is 389 g/mol. The molecule has 6 nitrogen and oxygen atoms in total. The molecule has 4 aromatic rings. The number of aromatic nitrogens is 5. The first kappa shape index (κ1) is 18.7. The summed E-state index contributed by atoms with van der Waals surface area (Å²) in [5, 5.41) is 7.78. The number of ether oxygens (including phenoxy) is 1. The van der Waals surface area contributed by atoms with E-state index in [1.54, 1.807) is 12.1 Å². The Balaban J connectivity index is 1.58. The summed E-state index contributed by atoms with van der Waals surface area (Å²) in [5.74, 6) is -0.506. The van der Waals surface area contributed by atoms with Crippen molar-refractivity contribution in [2.24, 2.45) is 0 Å². The van der Waals surface area contributed by atoms with Gasteiger partial charge in [0.2, 0.25) is 11.6 Å². The summed E-state index contributed by atoms with van der Waals surface area (Å²) < 4.78 is 20.3. The van der Waals surface area contributed by atoms with Gasteiger partial charge >= 0.3 is 0 Å². The molecule has 0 saturated heterocycles. The highest BCUT2D eigenvalue weighted by Crippen LogP contribution is 2.33. The number of hydrogen-bond acceptors (Lipinski definition) is 5. The van der Waals surface area contributed by atoms with E-state index in [4.69, 9.17) is 4.74 Å². The maximum Gasteiger partial charge on any atom is 0.261 e. The first-order valence-electron chi connectivity index (χ1n) is 9.18. The molecular weight excluding hydrogens is 369 g/mol. The van der Waals surface area contributed by atoms with Gasteiger partial charge in [0.15, 0.2) is 0 Å². The van der Waals surface area contributed by atoms with Crippen molar-refractivity contribution in [3.8, 4) is 17.4 Å². The van der Waals surface area contributed by atoms with Crippen LogP contribution in [0.5, 0.6) is 11.6 Å². The second kappa shape index (κ2) is 7.43. The summed E-state index contributed by atoms with van der Waals surface area (Å²) in [6, 6.07) is 16.1. The molecule has 0 amide bonds. The van der Waals surface area contributed by atoms with Crippen LogP contribution in [-0.4, -0.2) is 25.0 Å². The molecule has 2 heterocycles. The SMILES string of the molecule is Cc1ccc(C(C)(C)c2ccc(Oc3ncnc(-n4nccn4)c3F)cc2)cc1. The molecule has 2 aromatic heterocycles. The monoisotopic (exact) mass is 389 g/mol. The Hall–Kier alpha value is -3.61. The normalized spacial score (nSPS) is 11.4. The molecule has 7 heteroatoms. The van der Waals surface area contributed by atoms with E-state index in [-0.39, 0.29) is 17.1 Å². The van der Waals surface area contributed by atoms with Crippen LogP contribution in [-0.2, 0) is 5.41 Å². The Kier molecular flexibility index (Phi) is 4.80. The minimum atomic E-state index is -0.729. The minimum Gasteiger partial charge on any atom is -0.436 e. The highest BCUT2D eigenvalue weighted by Gasteiger charge is 2.23. The quantitative estimate of drug-likeness (QED) is 0.498. The fraction of sp³-hybridized carbons (Fsp3) is 0.182. The van der Waals surface area contributed by atoms with Crippen LogP contribution in [0, 0.1) is 12.7 Å². The zero-order valence-corrected chi connectivity index (χ0v) is 16.4. The third-order valence-electron chi connectivity index (χ3n) is 4.91. The molecule has 4 rings (SSSR count). The Labute approximate surface area is 168 Å². The van der Waals surface area contributed by atoms with Gasteiger partial charge in [0, 0.05) is 5.41 Å². The molecule has 0 bridgehead atoms. The number of halogens is 1. The Morgan fingerprint density at radius 3 is 2.07 bits per heavy atom. The third kappa shape index (κ3) is 3.71. The van der Waals surface area contributed by atoms with E-state index in [0.717, 1.165) is 10.4 Å². The molecule has 0 atom stereocenters. The smallest absolute Gasteiger partial charge is 0.261 e. The van der Waals surface area contributed by atoms with E-state index >= 15 is 0 Å². The van der Waals surface area contributed by atoms with Gasteiger partial charge in [-0.3, -0.25) is 0 Å². The zero-order valence-electron chi connectivity index (χ0n) is 16.4. The number of hydrogen-bond donors (Lipinski definition) is 0. The predicted molar refractivity (Wildman–Crippen MR) is 107 cm³/mol. The van der Waals surface area contributed by atoms with Gasteiger partial charge in [-0.15, -0.1) is 4.80 Å². The molecule has 29 heavy (non-hydrogen) atoms. The third-order valence-corrected chi connectivity index (χ3v) is 4.91. The van der Waals surface area contributed by atoms with Gasteiger partial charge in [0.05, 0.1) is 12.4 Å². The fourth-order valence-electron chi connectivity index (χ4n) is 3.07. The highest BCUT2D eigenvalue weighted by molar-refractivity contribution is 5.41. The summed E-state index contributed by atoms with van der Waals surface area (Å²) in [6.45, 7) is 6.41. The maximum absolute atomic E-state index is 14.7. The summed E-state index contributed by atoms with van der Waals surface area (Å²) >= 11 is 0. The van der Waals surface area contributed by atoms with Crippen LogP contribution < -0.4 is 4.74 Å². The first-order valence-corrected chi connectivity index (χ1v) is 9.18. The van der Waals surface area contributed by atoms with Crippen molar-refractivity contribution in [3.63, 3.8) is 0 Å². The number of rotatable bonds is 5. The van der Waals surface area contributed by atoms with E-state index in [2.05, 4.69) is 65.2 Å². The molecule has 2 aromatic carbocycles. The zero-order chi connectivity index (χ0) is 20.4. The number of benzene rings is 2. The van der Waals surface area contributed by atoms with Crippen molar-refractivity contribution in [1.82, 2.24) is 25.0 Å². The first-order chi connectivity index (χ1) is 13.9. The van der Waals surface area contributed by atoms with Crippen molar-refractivity contribution in [3.05, 3.63) is 89.8 Å². The van der Waals surface area contributed by atoms with Crippen LogP contribution in [0.1, 0.15) is 30.5 Å². The van der Waals surface area contributed by atoms with Gasteiger partial charge in [0.1, 0.15) is 12.1 Å². The number of nitrogens with zero attached hydrogens (tertiary/aromatic N) is 5. The molecule has 0 spiro atoms. The largest absolute Gasteiger partial charge is 0.436 e. The second-order valence-electron chi connectivity index (χ2n) is 7.25. The molecule has 0 radical (unpaired) electrons. The van der Waals surface area contributed by atoms with E-state index in [1.807, 2.05) is 12.1 Å². The number of aryl methyl sites for hydroxylation is 1. The lowest BCUT2D eigenvalue weighted by molar-refractivity contribution is 0.414. The van der Waals surface area contributed by atoms with Crippen LogP contribution in [0.4, 0.5) is 4.39 Å². The van der Waals surface area contributed by atoms with Crippen LogP contribution in [0.15, 0.2) is 67.3 Å². The molecule has 0 aliphatic heterocycles. The predicted octanol–water partition coefficient (Wildman–Crippen LogP) is 4.62. The molecule has 0 unspecified atom stereocenters. The van der Waals surface area contributed by atoms with Gasteiger partial charge in [-0.25, -0.2) is 4.98 Å². The van der Waals surface area contributed by atoms with Gasteiger partial charge in [0.25, 0.3) is 5.88 Å². The standard InChI is InChI=1S/C22H20FN5O/c1-15-4-6-16(7-5-15)22(2,3)17-8-10-18(11-9-17)29-21-19(23)20(24-14-25-21)28-26-12-13-27-28/h4-14H,1-3H3. The molecule has 146 valence electrons. The molecule has 0 N–H and O–H groups in total. The molecular formula is C22H20FN5O. The molecule has 0 aliphatic rings. The Morgan fingerprint density at radius 1 is 0.862 bits per heavy atom. The van der Waals surface area contributed by atoms with Gasteiger partial charge < -0.3 is 4.74 Å². The van der Waals surface area contributed by atoms with Crippen LogP contribution >= 0.6 is 0 Å². The van der Waals surface area contributed by atoms with E-state index in [1.165, 1.54) is 29.8 Å². The lowest BCUT2D eigenvalue weighted by atomic mass is 9.78. The minimum absolute atomic E-state index is 0.0721. The van der Waals surface area contributed by atoms with Crippen molar-refractivity contribution in [1.29, 1.82) is 0 Å². The summed E-state index contributed by atoms with van der Waals surface area (Å²) in [6.07, 6.45) is 4.10. The van der Waals surface area contributed by atoms with Crippen LogP contribution in [0.25, 0.3) is 5.82 Å². The maximum atomic E-state index is 14.7. The second-order valence-corrected chi connectivity index (χ2v) is 7.25. The van der Waals surface area contributed by atoms with Gasteiger partial charge in [-0.1, -0.05) is 55.8 Å². The molecule has 0 fully saturated rings. The Bertz CT molecular complexity index is 1110. The van der Waals surface area contributed by atoms with Gasteiger partial charge in [-0.2, -0.15) is 19.6 Å². The van der Waals surface area contributed by atoms with Crippen molar-refractivity contribution < 1.29 is 9.13 Å². The van der Waals surface area contributed by atoms with Gasteiger partial charge in [-0.05, 0) is 30.2 Å². The topological polar surface area (TPSA) is 65.7 Å². The van der Waals surface area contributed by atoms with E-state index in [9.17, 15) is 4.39 Å². The lowest BCUT2D eigenvalue weighted by Crippen LogP contribution is -2.18. The molecule has 0 aliphatic carbocycles. The highest BCUT2D eigenvalue weighted by atomic mass is 19.1. The molecule has 0 saturated carbocycles. The van der Waals surface area contributed by atoms with E-state index in [0.29, 0.717) is 5.75 Å². The van der Waals surface area contributed by atoms with E-state index < -0.39 is 5.82 Å². The summed E-state index contributed by atoms with van der Waals surface area (Å²) in [7, 11) is 0. The van der Waals surface area contributed by atoms with Crippen LogP contribution in [0.3, 0.4) is 0 Å². The van der Waals surface area contributed by atoms with Crippen molar-refractivity contribution >= 4 is 0 Å². The lowest BCUT2D eigenvalue weighted by Gasteiger charge is -2.26. The fourth-order valence-corrected chi connectivity index (χ4v) is 3.07. The average Bonchev–Trinajstić information content (AvgIpc) is 3.25. The Morgan fingerprint density at radius 2 is 1.45 bits per heavy atom. The summed E-state index contributed by atoms with van der Waals surface area (Å²) in [4.78, 5) is 8.86.